The van der Waals surface area contributed by atoms with E-state index in [9.17, 15) is 0 Å². The first kappa shape index (κ1) is 21.9. The van der Waals surface area contributed by atoms with Gasteiger partial charge in [-0.25, -0.2) is 0 Å². The molecule has 3 heteroatoms. The van der Waals surface area contributed by atoms with Gasteiger partial charge < -0.3 is 0 Å². The number of halogens is 2. The molecule has 0 nitrogen and oxygen atoms in total. The first-order chi connectivity index (χ1) is 14.1. The standard InChI is InChI=1S/C26H31.2ClH.Zr/c1-3-19(2)22-12-14-23(15-13-22)25-11-7-10-24-17-21(18-26(24)25)16-20-8-5-4-6-9-20;;;/h7,10-15,17-20H,3-6,8-9,16H2,1-2H3;2*1H;/q;;;+2/p-2. The van der Waals surface area contributed by atoms with Crippen LogP contribution in [0.5, 0.6) is 0 Å². The molecular formula is C26H31Cl2Zr. The van der Waals surface area contributed by atoms with Crippen LogP contribution < -0.4 is 0 Å². The van der Waals surface area contributed by atoms with Crippen molar-refractivity contribution in [3.05, 3.63) is 64.7 Å². The van der Waals surface area contributed by atoms with Crippen molar-refractivity contribution in [1.82, 2.24) is 0 Å². The third kappa shape index (κ3) is 4.78. The van der Waals surface area contributed by atoms with Crippen LogP contribution >= 0.6 is 17.0 Å². The van der Waals surface area contributed by atoms with Gasteiger partial charge in [-0.3, -0.25) is 0 Å². The molecule has 4 rings (SSSR count). The Balaban J connectivity index is 1.67. The van der Waals surface area contributed by atoms with Crippen LogP contribution in [0.25, 0.3) is 17.2 Å². The van der Waals surface area contributed by atoms with Gasteiger partial charge in [0.1, 0.15) is 0 Å². The molecule has 0 aliphatic heterocycles. The number of hydrogen-bond acceptors (Lipinski definition) is 0. The van der Waals surface area contributed by atoms with E-state index < -0.39 is 19.4 Å². The molecule has 29 heavy (non-hydrogen) atoms. The fourth-order valence-corrected chi connectivity index (χ4v) is 10.5. The molecule has 0 saturated heterocycles. The average Bonchev–Trinajstić information content (AvgIpc) is 3.12. The van der Waals surface area contributed by atoms with Crippen LogP contribution in [0.1, 0.15) is 85.0 Å². The Morgan fingerprint density at radius 3 is 2.38 bits per heavy atom. The molecule has 0 radical (unpaired) electrons. The Morgan fingerprint density at radius 1 is 1.00 bits per heavy atom. The fraction of sp³-hybridized carbons (Fsp3) is 0.462. The SMILES string of the molecule is CCC(C)c1ccc(-c2cccc3c2C=C(CC2CCCCC2)[CH]3[Zr]([Cl])[Cl])cc1. The molecule has 0 bridgehead atoms. The second-order valence-corrected chi connectivity index (χ2v) is 17.7. The molecule has 2 aliphatic carbocycles. The summed E-state index contributed by atoms with van der Waals surface area (Å²) >= 11 is -2.46. The van der Waals surface area contributed by atoms with E-state index in [2.05, 4.69) is 62.4 Å². The predicted octanol–water partition coefficient (Wildman–Crippen LogP) is 9.20. The summed E-state index contributed by atoms with van der Waals surface area (Å²) in [5, 5.41) is 0. The first-order valence-electron chi connectivity index (χ1n) is 11.2. The quantitative estimate of drug-likeness (QED) is 0.367. The molecule has 0 heterocycles. The topological polar surface area (TPSA) is 0 Å². The van der Waals surface area contributed by atoms with Gasteiger partial charge in [0.05, 0.1) is 0 Å². The molecule has 2 aliphatic rings. The number of benzene rings is 2. The van der Waals surface area contributed by atoms with E-state index in [1.54, 1.807) is 0 Å². The number of fused-ring (bicyclic) bond motifs is 1. The van der Waals surface area contributed by atoms with Crippen LogP contribution in [-0.4, -0.2) is 0 Å². The van der Waals surface area contributed by atoms with Crippen LogP contribution in [-0.2, 0) is 19.4 Å². The maximum atomic E-state index is 6.72. The maximum absolute atomic E-state index is 6.72. The first-order valence-corrected chi connectivity index (χ1v) is 18.9. The molecule has 2 atom stereocenters. The van der Waals surface area contributed by atoms with Crippen molar-refractivity contribution in [2.75, 3.05) is 0 Å². The molecular weight excluding hydrogens is 474 g/mol. The molecule has 2 aromatic rings. The molecule has 0 amide bonds. The number of allylic oxidation sites excluding steroid dienone is 1. The average molecular weight is 506 g/mol. The second-order valence-electron chi connectivity index (χ2n) is 8.89. The van der Waals surface area contributed by atoms with Crippen LogP contribution in [0, 0.1) is 5.92 Å². The van der Waals surface area contributed by atoms with Crippen LogP contribution in [0.15, 0.2) is 48.0 Å². The van der Waals surface area contributed by atoms with Crippen molar-refractivity contribution in [2.24, 2.45) is 5.92 Å². The van der Waals surface area contributed by atoms with E-state index in [0.717, 1.165) is 5.92 Å². The minimum absolute atomic E-state index is 0.331. The summed E-state index contributed by atoms with van der Waals surface area (Å²) in [6.07, 6.45) is 11.7. The molecule has 0 aromatic heterocycles. The van der Waals surface area contributed by atoms with Gasteiger partial charge in [0, 0.05) is 0 Å². The summed E-state index contributed by atoms with van der Waals surface area (Å²) in [4.78, 5) is 0. The van der Waals surface area contributed by atoms with Crippen molar-refractivity contribution < 1.29 is 19.4 Å². The molecule has 2 aromatic carbocycles. The van der Waals surface area contributed by atoms with E-state index >= 15 is 0 Å². The zero-order valence-corrected chi connectivity index (χ0v) is 21.5. The molecule has 1 saturated carbocycles. The Bertz CT molecular complexity index is 863. The van der Waals surface area contributed by atoms with Gasteiger partial charge in [0.2, 0.25) is 0 Å². The Hall–Kier alpha value is -0.357. The molecule has 0 spiro atoms. The monoisotopic (exact) mass is 503 g/mol. The summed E-state index contributed by atoms with van der Waals surface area (Å²) in [5.74, 6) is 1.43. The molecule has 2 unspecified atom stereocenters. The summed E-state index contributed by atoms with van der Waals surface area (Å²) in [7, 11) is 13.4. The van der Waals surface area contributed by atoms with Crippen molar-refractivity contribution in [2.45, 2.75) is 68.3 Å². The van der Waals surface area contributed by atoms with E-state index in [1.165, 1.54) is 78.3 Å². The second kappa shape index (κ2) is 9.85. The molecule has 1 fully saturated rings. The van der Waals surface area contributed by atoms with Gasteiger partial charge in [0.25, 0.3) is 0 Å². The normalized spacial score (nSPS) is 20.3. The summed E-state index contributed by atoms with van der Waals surface area (Å²) in [5.41, 5.74) is 8.34. The summed E-state index contributed by atoms with van der Waals surface area (Å²) < 4.78 is 0.331. The van der Waals surface area contributed by atoms with Gasteiger partial charge in [-0.1, -0.05) is 0 Å². The number of rotatable bonds is 6. The Morgan fingerprint density at radius 2 is 1.72 bits per heavy atom. The Labute approximate surface area is 191 Å². The van der Waals surface area contributed by atoms with Gasteiger partial charge in [0.15, 0.2) is 0 Å². The van der Waals surface area contributed by atoms with Crippen LogP contribution in [0.4, 0.5) is 0 Å². The molecule has 0 N–H and O–H groups in total. The van der Waals surface area contributed by atoms with Crippen molar-refractivity contribution in [1.29, 1.82) is 0 Å². The summed E-state index contributed by atoms with van der Waals surface area (Å²) in [6.45, 7) is 4.55. The fourth-order valence-electron chi connectivity index (χ4n) is 5.10. The van der Waals surface area contributed by atoms with Gasteiger partial charge >= 0.3 is 193 Å². The van der Waals surface area contributed by atoms with Crippen LogP contribution in [0.2, 0.25) is 0 Å². The van der Waals surface area contributed by atoms with E-state index in [-0.39, 0.29) is 0 Å². The van der Waals surface area contributed by atoms with E-state index in [0.29, 0.717) is 9.54 Å². The van der Waals surface area contributed by atoms with Crippen LogP contribution in [0.3, 0.4) is 0 Å². The minimum atomic E-state index is -2.46. The predicted molar refractivity (Wildman–Crippen MR) is 124 cm³/mol. The number of hydrogen-bond donors (Lipinski definition) is 0. The zero-order chi connectivity index (χ0) is 20.4. The zero-order valence-electron chi connectivity index (χ0n) is 17.6. The third-order valence-corrected chi connectivity index (χ3v) is 12.4. The van der Waals surface area contributed by atoms with Gasteiger partial charge in [-0.2, -0.15) is 0 Å². The Kier molecular flexibility index (Phi) is 7.42. The van der Waals surface area contributed by atoms with Crippen molar-refractivity contribution in [3.8, 4) is 11.1 Å². The summed E-state index contributed by atoms with van der Waals surface area (Å²) in [6, 6.07) is 15.9. The molecule has 153 valence electrons. The van der Waals surface area contributed by atoms with E-state index in [4.69, 9.17) is 17.0 Å². The van der Waals surface area contributed by atoms with Gasteiger partial charge in [-0.15, -0.1) is 0 Å². The third-order valence-electron chi connectivity index (χ3n) is 7.02. The van der Waals surface area contributed by atoms with Gasteiger partial charge in [-0.05, 0) is 0 Å². The van der Waals surface area contributed by atoms with E-state index in [1.807, 2.05) is 0 Å². The van der Waals surface area contributed by atoms with Crippen molar-refractivity contribution in [3.63, 3.8) is 0 Å². The van der Waals surface area contributed by atoms with Crippen molar-refractivity contribution >= 4 is 23.1 Å².